The fraction of sp³-hybridized carbons (Fsp3) is 0.321. The van der Waals surface area contributed by atoms with Crippen LogP contribution in [0.25, 0.3) is 0 Å². The number of hydrogen-bond donors (Lipinski definition) is 0. The molecule has 1 atom stereocenters. The Labute approximate surface area is 219 Å². The minimum atomic E-state index is -0.500. The van der Waals surface area contributed by atoms with Crippen molar-refractivity contribution in [1.29, 1.82) is 0 Å². The summed E-state index contributed by atoms with van der Waals surface area (Å²) in [6, 6.07) is 22.9. The Balaban J connectivity index is 1.34. The van der Waals surface area contributed by atoms with E-state index in [1.165, 1.54) is 5.56 Å². The summed E-state index contributed by atoms with van der Waals surface area (Å²) < 4.78 is 13.6. The van der Waals surface area contributed by atoms with E-state index < -0.39 is 5.72 Å². The first-order valence-electron chi connectivity index (χ1n) is 12.0. The normalized spacial score (nSPS) is 20.7. The molecule has 0 bridgehead atoms. The minimum Gasteiger partial charge on any atom is -0.493 e. The van der Waals surface area contributed by atoms with Gasteiger partial charge in [-0.1, -0.05) is 70.0 Å². The molecular formula is C28H27BrClN3O2. The van der Waals surface area contributed by atoms with E-state index in [0.29, 0.717) is 0 Å². The molecule has 180 valence electrons. The highest BCUT2D eigenvalue weighted by Gasteiger charge is 2.52. The SMILES string of the molecule is COc1cc(Br)cc2c1OC1(CCN(Cc3ccccc3)CC1)N1N=C(c3ccc(Cl)cc3)C[C@@H]21. The Kier molecular flexibility index (Phi) is 5.99. The fourth-order valence-electron chi connectivity index (χ4n) is 5.51. The van der Waals surface area contributed by atoms with Crippen molar-refractivity contribution < 1.29 is 9.47 Å². The van der Waals surface area contributed by atoms with E-state index in [4.69, 9.17) is 26.2 Å². The molecule has 35 heavy (non-hydrogen) atoms. The summed E-state index contributed by atoms with van der Waals surface area (Å²) in [5, 5.41) is 8.16. The van der Waals surface area contributed by atoms with Gasteiger partial charge in [0.1, 0.15) is 0 Å². The lowest BCUT2D eigenvalue weighted by molar-refractivity contribution is -0.151. The zero-order valence-corrected chi connectivity index (χ0v) is 21.9. The quantitative estimate of drug-likeness (QED) is 0.363. The van der Waals surface area contributed by atoms with Crippen molar-refractivity contribution in [3.8, 4) is 11.5 Å². The van der Waals surface area contributed by atoms with Crippen molar-refractivity contribution in [3.63, 3.8) is 0 Å². The molecule has 3 heterocycles. The number of rotatable bonds is 4. The van der Waals surface area contributed by atoms with Crippen LogP contribution in [0, 0.1) is 0 Å². The number of nitrogens with zero attached hydrogens (tertiary/aromatic N) is 3. The Bertz CT molecular complexity index is 1260. The fourth-order valence-corrected chi connectivity index (χ4v) is 6.09. The summed E-state index contributed by atoms with van der Waals surface area (Å²) >= 11 is 9.81. The van der Waals surface area contributed by atoms with E-state index in [-0.39, 0.29) is 6.04 Å². The van der Waals surface area contributed by atoms with Crippen LogP contribution in [0.3, 0.4) is 0 Å². The van der Waals surface area contributed by atoms with E-state index in [9.17, 15) is 0 Å². The second kappa shape index (κ2) is 9.16. The maximum absolute atomic E-state index is 6.88. The standard InChI is InChI=1S/C28H27BrClN3O2/c1-34-26-16-21(29)15-23-25-17-24(20-7-9-22(30)10-8-20)31-33(25)28(35-27(23)26)11-13-32(14-12-28)18-19-5-3-2-4-6-19/h2-10,15-16,25H,11-14,17-18H2,1H3/t25-/m0/s1. The molecule has 5 nitrogen and oxygen atoms in total. The number of hydrazone groups is 1. The van der Waals surface area contributed by atoms with Crippen molar-refractivity contribution in [1.82, 2.24) is 9.91 Å². The molecule has 3 aromatic carbocycles. The molecule has 7 heteroatoms. The molecule has 0 amide bonds. The van der Waals surface area contributed by atoms with Gasteiger partial charge in [0.15, 0.2) is 11.5 Å². The number of piperidine rings is 1. The average Bonchev–Trinajstić information content (AvgIpc) is 3.34. The van der Waals surface area contributed by atoms with E-state index in [1.807, 2.05) is 18.2 Å². The number of methoxy groups -OCH3 is 1. The largest absolute Gasteiger partial charge is 0.493 e. The van der Waals surface area contributed by atoms with Crippen LogP contribution < -0.4 is 9.47 Å². The zero-order chi connectivity index (χ0) is 24.0. The highest BCUT2D eigenvalue weighted by molar-refractivity contribution is 9.10. The number of benzene rings is 3. The van der Waals surface area contributed by atoms with Crippen LogP contribution in [0.1, 0.15) is 42.0 Å². The highest BCUT2D eigenvalue weighted by atomic mass is 79.9. The Morgan fingerprint density at radius 3 is 2.54 bits per heavy atom. The van der Waals surface area contributed by atoms with Gasteiger partial charge >= 0.3 is 0 Å². The maximum Gasteiger partial charge on any atom is 0.200 e. The molecule has 0 aliphatic carbocycles. The molecule has 3 aromatic rings. The summed E-state index contributed by atoms with van der Waals surface area (Å²) in [7, 11) is 1.71. The summed E-state index contributed by atoms with van der Waals surface area (Å²) in [5.74, 6) is 1.61. The molecule has 0 saturated carbocycles. The lowest BCUT2D eigenvalue weighted by Crippen LogP contribution is -2.59. The molecule has 0 aromatic heterocycles. The third kappa shape index (κ3) is 4.22. The van der Waals surface area contributed by atoms with E-state index in [2.05, 4.69) is 74.4 Å². The first kappa shape index (κ1) is 22.9. The van der Waals surface area contributed by atoms with Crippen molar-refractivity contribution in [2.45, 2.75) is 37.6 Å². The Morgan fingerprint density at radius 1 is 1.09 bits per heavy atom. The number of halogens is 2. The minimum absolute atomic E-state index is 0.0940. The number of hydrogen-bond acceptors (Lipinski definition) is 5. The second-order valence-corrected chi connectivity index (χ2v) is 10.8. The highest BCUT2D eigenvalue weighted by Crippen LogP contribution is 2.53. The van der Waals surface area contributed by atoms with E-state index in [0.717, 1.165) is 76.7 Å². The maximum atomic E-state index is 6.88. The van der Waals surface area contributed by atoms with E-state index >= 15 is 0 Å². The van der Waals surface area contributed by atoms with Gasteiger partial charge in [0.2, 0.25) is 5.72 Å². The van der Waals surface area contributed by atoms with Crippen molar-refractivity contribution >= 4 is 33.2 Å². The van der Waals surface area contributed by atoms with Gasteiger partial charge in [-0.3, -0.25) is 4.90 Å². The summed E-state index contributed by atoms with van der Waals surface area (Å²) in [5.41, 5.74) is 4.12. The van der Waals surface area contributed by atoms with Gasteiger partial charge in [-0.15, -0.1) is 0 Å². The lowest BCUT2D eigenvalue weighted by Gasteiger charge is -2.51. The molecule has 0 radical (unpaired) electrons. The predicted octanol–water partition coefficient (Wildman–Crippen LogP) is 6.65. The summed E-state index contributed by atoms with van der Waals surface area (Å²) in [6.45, 7) is 2.84. The van der Waals surface area contributed by atoms with Gasteiger partial charge in [0, 0.05) is 54.0 Å². The van der Waals surface area contributed by atoms with E-state index in [1.54, 1.807) is 7.11 Å². The monoisotopic (exact) mass is 551 g/mol. The third-order valence-corrected chi connectivity index (χ3v) is 8.02. The second-order valence-electron chi connectivity index (χ2n) is 9.45. The molecule has 3 aliphatic rings. The van der Waals surface area contributed by atoms with Crippen LogP contribution in [0.15, 0.2) is 76.3 Å². The van der Waals surface area contributed by atoms with Crippen LogP contribution in [0.5, 0.6) is 11.5 Å². The first-order valence-corrected chi connectivity index (χ1v) is 13.2. The predicted molar refractivity (Wildman–Crippen MR) is 142 cm³/mol. The van der Waals surface area contributed by atoms with Crippen LogP contribution in [0.2, 0.25) is 5.02 Å². The number of fused-ring (bicyclic) bond motifs is 4. The van der Waals surface area contributed by atoms with Gasteiger partial charge in [0.05, 0.1) is 18.9 Å². The van der Waals surface area contributed by atoms with Crippen LogP contribution in [-0.4, -0.2) is 41.5 Å². The number of likely N-dealkylation sites (tertiary alicyclic amines) is 1. The van der Waals surface area contributed by atoms with Gasteiger partial charge in [0.25, 0.3) is 0 Å². The molecule has 1 fully saturated rings. The van der Waals surface area contributed by atoms with Gasteiger partial charge in [-0.05, 0) is 35.4 Å². The van der Waals surface area contributed by atoms with Crippen molar-refractivity contribution in [2.24, 2.45) is 5.10 Å². The smallest absolute Gasteiger partial charge is 0.200 e. The summed E-state index contributed by atoms with van der Waals surface area (Å²) in [4.78, 5) is 2.51. The molecule has 0 N–H and O–H groups in total. The topological polar surface area (TPSA) is 37.3 Å². The molecule has 1 saturated heterocycles. The van der Waals surface area contributed by atoms with Crippen molar-refractivity contribution in [2.75, 3.05) is 20.2 Å². The molecule has 3 aliphatic heterocycles. The van der Waals surface area contributed by atoms with Crippen LogP contribution >= 0.6 is 27.5 Å². The van der Waals surface area contributed by atoms with Crippen LogP contribution in [0.4, 0.5) is 0 Å². The first-order chi connectivity index (χ1) is 17.0. The molecule has 1 spiro atoms. The van der Waals surface area contributed by atoms with Gasteiger partial charge < -0.3 is 9.47 Å². The van der Waals surface area contributed by atoms with Gasteiger partial charge in [-0.2, -0.15) is 5.10 Å². The average molecular weight is 553 g/mol. The number of ether oxygens (including phenoxy) is 2. The van der Waals surface area contributed by atoms with Crippen molar-refractivity contribution in [3.05, 3.63) is 92.9 Å². The molecule has 6 rings (SSSR count). The zero-order valence-electron chi connectivity index (χ0n) is 19.6. The molecular weight excluding hydrogens is 526 g/mol. The Morgan fingerprint density at radius 2 is 1.83 bits per heavy atom. The molecule has 0 unspecified atom stereocenters. The Hall–Kier alpha value is -2.54. The van der Waals surface area contributed by atoms with Gasteiger partial charge in [-0.25, -0.2) is 5.01 Å². The van der Waals surface area contributed by atoms with Crippen LogP contribution in [-0.2, 0) is 6.54 Å². The summed E-state index contributed by atoms with van der Waals surface area (Å²) in [6.07, 6.45) is 2.55. The third-order valence-electron chi connectivity index (χ3n) is 7.31. The lowest BCUT2D eigenvalue weighted by atomic mass is 9.90.